The lowest BCUT2D eigenvalue weighted by molar-refractivity contribution is 0.908. The fourth-order valence-corrected chi connectivity index (χ4v) is 8.02. The van der Waals surface area contributed by atoms with Crippen molar-refractivity contribution in [2.24, 2.45) is 0 Å². The first-order chi connectivity index (χ1) is 30.3. The average Bonchev–Trinajstić information content (AvgIpc) is 4.04. The number of imidazole rings is 1. The van der Waals surface area contributed by atoms with Gasteiger partial charge in [-0.2, -0.15) is 22.6 Å². The molecule has 11 rings (SSSR count). The summed E-state index contributed by atoms with van der Waals surface area (Å²) in [4.78, 5) is 20.9. The van der Waals surface area contributed by atoms with Crippen LogP contribution in [0.3, 0.4) is 0 Å². The van der Waals surface area contributed by atoms with E-state index in [1.807, 2.05) is 74.5 Å². The number of aromatic nitrogens is 7. The lowest BCUT2D eigenvalue weighted by atomic mass is 9.99. The molecular formula is C53H43N7S. The Balaban J connectivity index is 0.00000116. The molecule has 0 radical (unpaired) electrons. The van der Waals surface area contributed by atoms with E-state index in [-0.39, 0.29) is 0 Å². The van der Waals surface area contributed by atoms with Gasteiger partial charge in [0.05, 0.1) is 27.6 Å². The summed E-state index contributed by atoms with van der Waals surface area (Å²) in [5.41, 5.74) is 11.0. The Labute approximate surface area is 360 Å². The van der Waals surface area contributed by atoms with Crippen LogP contribution in [0.5, 0.6) is 0 Å². The highest BCUT2D eigenvalue weighted by Crippen LogP contribution is 2.42. The maximum Gasteiger partial charge on any atom is 0.239 e. The smallest absolute Gasteiger partial charge is 0.239 e. The van der Waals surface area contributed by atoms with Crippen LogP contribution in [0.1, 0.15) is 13.8 Å². The van der Waals surface area contributed by atoms with E-state index in [1.54, 1.807) is 6.26 Å². The minimum atomic E-state index is 0.509. The van der Waals surface area contributed by atoms with Crippen molar-refractivity contribution in [1.29, 1.82) is 0 Å². The van der Waals surface area contributed by atoms with Crippen molar-refractivity contribution < 1.29 is 0 Å². The predicted octanol–water partition coefficient (Wildman–Crippen LogP) is 13.3. The highest BCUT2D eigenvalue weighted by atomic mass is 32.1. The third-order valence-electron chi connectivity index (χ3n) is 10.6. The molecule has 0 fully saturated rings. The van der Waals surface area contributed by atoms with Crippen LogP contribution in [0.2, 0.25) is 0 Å². The van der Waals surface area contributed by atoms with Gasteiger partial charge >= 0.3 is 0 Å². The Morgan fingerprint density at radius 1 is 0.426 bits per heavy atom. The lowest BCUT2D eigenvalue weighted by Crippen LogP contribution is -2.08. The molecule has 4 aromatic heterocycles. The highest BCUT2D eigenvalue weighted by Gasteiger charge is 2.27. The fourth-order valence-electron chi connectivity index (χ4n) is 8.02. The second-order valence-electron chi connectivity index (χ2n) is 14.0. The van der Waals surface area contributed by atoms with Crippen molar-refractivity contribution in [2.45, 2.75) is 13.8 Å². The number of rotatable bonds is 7. The van der Waals surface area contributed by atoms with Crippen molar-refractivity contribution in [3.8, 4) is 62.6 Å². The summed E-state index contributed by atoms with van der Waals surface area (Å²) in [6.07, 6.45) is 3.87. The summed E-state index contributed by atoms with van der Waals surface area (Å²) in [7, 11) is 0. The quantitative estimate of drug-likeness (QED) is 0.163. The Morgan fingerprint density at radius 2 is 0.918 bits per heavy atom. The van der Waals surface area contributed by atoms with Crippen molar-refractivity contribution in [2.75, 3.05) is 6.26 Å². The first kappa shape index (κ1) is 38.9. The van der Waals surface area contributed by atoms with E-state index >= 15 is 0 Å². The van der Waals surface area contributed by atoms with Gasteiger partial charge < -0.3 is 0 Å². The van der Waals surface area contributed by atoms with Crippen LogP contribution in [-0.4, -0.2) is 39.9 Å². The molecule has 296 valence electrons. The Morgan fingerprint density at radius 3 is 1.54 bits per heavy atom. The summed E-state index contributed by atoms with van der Waals surface area (Å²) in [5, 5.41) is 2.16. The lowest BCUT2D eigenvalue weighted by Gasteiger charge is -2.13. The van der Waals surface area contributed by atoms with E-state index in [2.05, 4.69) is 166 Å². The van der Waals surface area contributed by atoms with Gasteiger partial charge in [0, 0.05) is 34.0 Å². The maximum atomic E-state index is 5.39. The van der Waals surface area contributed by atoms with Crippen molar-refractivity contribution in [3.05, 3.63) is 200 Å². The fraction of sp³-hybridized carbons (Fsp3) is 0.0566. The number of fused-ring (bicyclic) bond motifs is 4. The van der Waals surface area contributed by atoms with Gasteiger partial charge in [-0.15, -0.1) is 0 Å². The molecule has 0 aliphatic carbocycles. The number of thiol groups is 1. The van der Waals surface area contributed by atoms with Gasteiger partial charge in [-0.05, 0) is 47.7 Å². The molecule has 0 spiro atoms. The molecule has 7 aromatic carbocycles. The monoisotopic (exact) mass is 809 g/mol. The van der Waals surface area contributed by atoms with E-state index in [0.29, 0.717) is 17.6 Å². The van der Waals surface area contributed by atoms with Crippen LogP contribution in [0.25, 0.3) is 95.6 Å². The van der Waals surface area contributed by atoms with Crippen LogP contribution in [0.15, 0.2) is 200 Å². The van der Waals surface area contributed by atoms with Gasteiger partial charge in [0.2, 0.25) is 5.95 Å². The van der Waals surface area contributed by atoms with Crippen molar-refractivity contribution in [1.82, 2.24) is 33.6 Å². The SMILES string of the molecule is CC.CS.c1ccc(-c2nc(-c3ccccc3)nc(-n3cc(-n4c(-c5ccccc5-c5ccccc5)nc5ccccc54)c4c5ccccc5n(-c5ccccc5)c43)n2)cc1. The first-order valence-electron chi connectivity index (χ1n) is 20.4. The molecule has 0 unspecified atom stereocenters. The van der Waals surface area contributed by atoms with Gasteiger partial charge in [-0.3, -0.25) is 13.7 Å². The van der Waals surface area contributed by atoms with Gasteiger partial charge in [0.1, 0.15) is 11.5 Å². The highest BCUT2D eigenvalue weighted by molar-refractivity contribution is 7.79. The molecule has 0 saturated heterocycles. The van der Waals surface area contributed by atoms with Crippen LogP contribution in [-0.2, 0) is 0 Å². The molecule has 0 bridgehead atoms. The van der Waals surface area contributed by atoms with Gasteiger partial charge in [-0.25, -0.2) is 9.97 Å². The van der Waals surface area contributed by atoms with Crippen LogP contribution >= 0.6 is 12.6 Å². The molecule has 0 aliphatic rings. The molecule has 0 aliphatic heterocycles. The zero-order valence-electron chi connectivity index (χ0n) is 34.1. The van der Waals surface area contributed by atoms with Crippen LogP contribution in [0, 0.1) is 0 Å². The molecule has 61 heavy (non-hydrogen) atoms. The summed E-state index contributed by atoms with van der Waals surface area (Å²) in [5.74, 6) is 2.54. The first-order valence-corrected chi connectivity index (χ1v) is 21.3. The Kier molecular flexibility index (Phi) is 11.1. The van der Waals surface area contributed by atoms with Crippen molar-refractivity contribution in [3.63, 3.8) is 0 Å². The minimum Gasteiger partial charge on any atom is -0.295 e. The number of hydrogen-bond donors (Lipinski definition) is 1. The van der Waals surface area contributed by atoms with Crippen LogP contribution < -0.4 is 0 Å². The molecule has 11 aromatic rings. The number of para-hydroxylation sites is 4. The van der Waals surface area contributed by atoms with E-state index in [9.17, 15) is 0 Å². The topological polar surface area (TPSA) is 66.3 Å². The Hall–Kier alpha value is -7.55. The minimum absolute atomic E-state index is 0.509. The number of benzene rings is 7. The zero-order valence-corrected chi connectivity index (χ0v) is 35.0. The molecule has 0 atom stereocenters. The standard InChI is InChI=1S/C50H33N7.C2H6.CH4S/c1-5-19-34(20-6-1)38-27-13-14-28-39(38)48-51-41-30-16-18-32-43(41)57(48)44-33-55(49-45(44)40-29-15-17-31-42(40)56(49)37-25-11-4-12-26-37)50-53-46(35-21-7-2-8-22-35)52-47(54-50)36-23-9-3-10-24-36;2*1-2/h1-33H;1-2H3;2H,1H3. The maximum absolute atomic E-state index is 5.39. The largest absolute Gasteiger partial charge is 0.295 e. The van der Waals surface area contributed by atoms with E-state index in [0.717, 1.165) is 78.0 Å². The summed E-state index contributed by atoms with van der Waals surface area (Å²) >= 11 is 3.53. The molecule has 0 saturated carbocycles. The van der Waals surface area contributed by atoms with E-state index in [1.165, 1.54) is 0 Å². The molecule has 4 heterocycles. The van der Waals surface area contributed by atoms with E-state index in [4.69, 9.17) is 19.9 Å². The van der Waals surface area contributed by atoms with Gasteiger partial charge in [0.25, 0.3) is 0 Å². The number of nitrogens with zero attached hydrogens (tertiary/aromatic N) is 7. The summed E-state index contributed by atoms with van der Waals surface area (Å²) in [6.45, 7) is 4.00. The zero-order chi connectivity index (χ0) is 41.7. The molecule has 8 heteroatoms. The third-order valence-corrected chi connectivity index (χ3v) is 10.6. The van der Waals surface area contributed by atoms with Gasteiger partial charge in [-0.1, -0.05) is 178 Å². The molecule has 7 nitrogen and oxygen atoms in total. The summed E-state index contributed by atoms with van der Waals surface area (Å²) < 4.78 is 6.77. The molecule has 0 N–H and O–H groups in total. The van der Waals surface area contributed by atoms with Crippen LogP contribution in [0.4, 0.5) is 0 Å². The summed E-state index contributed by atoms with van der Waals surface area (Å²) in [6, 6.07) is 66.8. The third kappa shape index (κ3) is 7.07. The normalized spacial score (nSPS) is 11.0. The van der Waals surface area contributed by atoms with Crippen molar-refractivity contribution >= 4 is 45.6 Å². The Bertz CT molecular complexity index is 3170. The molecule has 0 amide bonds. The number of hydrogen-bond acceptors (Lipinski definition) is 5. The van der Waals surface area contributed by atoms with E-state index < -0.39 is 0 Å². The second-order valence-corrected chi connectivity index (χ2v) is 14.0. The molecular weight excluding hydrogens is 767 g/mol. The second kappa shape index (κ2) is 17.4. The average molecular weight is 810 g/mol. The predicted molar refractivity (Wildman–Crippen MR) is 256 cm³/mol. The van der Waals surface area contributed by atoms with Gasteiger partial charge in [0.15, 0.2) is 11.6 Å².